The highest BCUT2D eigenvalue weighted by Gasteiger charge is 2.20. The number of hydrogen-bond donors (Lipinski definition) is 2. The van der Waals surface area contributed by atoms with Gasteiger partial charge in [0.15, 0.2) is 5.65 Å². The summed E-state index contributed by atoms with van der Waals surface area (Å²) in [4.78, 5) is 16.9. The van der Waals surface area contributed by atoms with Crippen molar-refractivity contribution in [2.45, 2.75) is 25.8 Å². The summed E-state index contributed by atoms with van der Waals surface area (Å²) in [5, 5.41) is 14.1. The van der Waals surface area contributed by atoms with Crippen LogP contribution in [0.4, 0.5) is 16.0 Å². The van der Waals surface area contributed by atoms with Gasteiger partial charge in [-0.1, -0.05) is 12.1 Å². The van der Waals surface area contributed by atoms with Gasteiger partial charge in [-0.15, -0.1) is 10.2 Å². The van der Waals surface area contributed by atoms with Crippen LogP contribution in [0.1, 0.15) is 23.1 Å². The molecule has 4 aromatic rings. The van der Waals surface area contributed by atoms with Gasteiger partial charge in [0.05, 0.1) is 19.9 Å². The number of fused-ring (bicyclic) bond motifs is 2. The van der Waals surface area contributed by atoms with E-state index in [-0.39, 0.29) is 18.3 Å². The van der Waals surface area contributed by atoms with E-state index in [1.807, 2.05) is 24.3 Å². The monoisotopic (exact) mass is 462 g/mol. The van der Waals surface area contributed by atoms with E-state index in [2.05, 4.69) is 25.8 Å². The van der Waals surface area contributed by atoms with Gasteiger partial charge >= 0.3 is 0 Å². The number of benzene rings is 2. The molecule has 2 aromatic carbocycles. The molecule has 0 fully saturated rings. The topological polar surface area (TPSA) is 103 Å². The highest BCUT2D eigenvalue weighted by Crippen LogP contribution is 2.30. The number of aromatic nitrogens is 4. The Balaban J connectivity index is 1.26. The maximum absolute atomic E-state index is 14.4. The van der Waals surface area contributed by atoms with E-state index in [4.69, 9.17) is 9.47 Å². The van der Waals surface area contributed by atoms with E-state index in [0.717, 1.165) is 16.9 Å². The fourth-order valence-electron chi connectivity index (χ4n) is 3.97. The van der Waals surface area contributed by atoms with Crippen LogP contribution in [0.15, 0.2) is 48.9 Å². The van der Waals surface area contributed by atoms with Gasteiger partial charge in [-0.05, 0) is 36.2 Å². The van der Waals surface area contributed by atoms with Crippen molar-refractivity contribution >= 4 is 23.2 Å². The second-order valence-corrected chi connectivity index (χ2v) is 7.87. The van der Waals surface area contributed by atoms with Crippen molar-refractivity contribution in [1.29, 1.82) is 0 Å². The second-order valence-electron chi connectivity index (χ2n) is 7.87. The first-order valence-corrected chi connectivity index (χ1v) is 10.9. The van der Waals surface area contributed by atoms with Gasteiger partial charge in [0.1, 0.15) is 29.3 Å². The number of hydrogen-bond acceptors (Lipinski definition) is 7. The van der Waals surface area contributed by atoms with Crippen molar-refractivity contribution in [3.8, 4) is 11.5 Å². The highest BCUT2D eigenvalue weighted by atomic mass is 19.1. The number of amides is 1. The fourth-order valence-corrected chi connectivity index (χ4v) is 3.97. The molecule has 34 heavy (non-hydrogen) atoms. The molecule has 0 radical (unpaired) electrons. The van der Waals surface area contributed by atoms with Crippen LogP contribution in [0.5, 0.6) is 11.5 Å². The van der Waals surface area contributed by atoms with Gasteiger partial charge in [0, 0.05) is 30.5 Å². The number of methoxy groups -OCH3 is 1. The molecular formula is C24H23FN6O3. The molecule has 3 heterocycles. The molecule has 1 amide bonds. The minimum absolute atomic E-state index is 0.162. The summed E-state index contributed by atoms with van der Waals surface area (Å²) in [6, 6.07) is 10.7. The minimum atomic E-state index is -0.294. The summed E-state index contributed by atoms with van der Waals surface area (Å²) in [7, 11) is 1.61. The van der Waals surface area contributed by atoms with E-state index in [0.29, 0.717) is 54.5 Å². The zero-order valence-electron chi connectivity index (χ0n) is 18.5. The third kappa shape index (κ3) is 4.34. The van der Waals surface area contributed by atoms with E-state index in [1.54, 1.807) is 17.6 Å². The molecule has 0 bridgehead atoms. The third-order valence-electron chi connectivity index (χ3n) is 5.77. The van der Waals surface area contributed by atoms with Crippen LogP contribution < -0.4 is 20.1 Å². The number of halogens is 1. The Hall–Kier alpha value is -4.21. The lowest BCUT2D eigenvalue weighted by Gasteiger charge is -2.13. The van der Waals surface area contributed by atoms with E-state index >= 15 is 0 Å². The molecule has 5 rings (SSSR count). The minimum Gasteiger partial charge on any atom is -0.497 e. The van der Waals surface area contributed by atoms with Crippen LogP contribution in [0, 0.1) is 5.82 Å². The molecule has 1 aliphatic heterocycles. The molecule has 10 heteroatoms. The zero-order valence-corrected chi connectivity index (χ0v) is 18.5. The Labute approximate surface area is 194 Å². The quantitative estimate of drug-likeness (QED) is 0.414. The lowest BCUT2D eigenvalue weighted by Crippen LogP contribution is -2.15. The molecule has 2 N–H and O–H groups in total. The number of nitrogens with zero attached hydrogens (tertiary/aromatic N) is 4. The average Bonchev–Trinajstić information content (AvgIpc) is 3.54. The lowest BCUT2D eigenvalue weighted by molar-refractivity contribution is -0.116. The standard InChI is InChI=1S/C24H23FN6O3/c1-33-16-5-2-15(3-6-16)4-9-22(32)29-20-13-27-24(31-14-28-30-23(20)31)26-12-18-17-10-11-34-21(17)8-7-19(18)25/h2-3,5-8,13-14H,4,9-12H2,1H3,(H,26,27)(H,29,32). The molecule has 174 valence electrons. The van der Waals surface area contributed by atoms with Gasteiger partial charge in [-0.25, -0.2) is 13.8 Å². The van der Waals surface area contributed by atoms with Crippen LogP contribution in [-0.2, 0) is 24.2 Å². The van der Waals surface area contributed by atoms with Gasteiger partial charge in [-0.2, -0.15) is 0 Å². The number of aryl methyl sites for hydroxylation is 1. The van der Waals surface area contributed by atoms with Crippen LogP contribution in [0.2, 0.25) is 0 Å². The summed E-state index contributed by atoms with van der Waals surface area (Å²) in [6.45, 7) is 0.777. The zero-order chi connectivity index (χ0) is 23.5. The SMILES string of the molecule is COc1ccc(CCC(=O)Nc2cnc(NCc3c(F)ccc4c3CCO4)n3cnnc23)cc1. The Bertz CT molecular complexity index is 1340. The van der Waals surface area contributed by atoms with Crippen molar-refractivity contribution < 1.29 is 18.7 Å². The van der Waals surface area contributed by atoms with Crippen molar-refractivity contribution in [1.82, 2.24) is 19.6 Å². The van der Waals surface area contributed by atoms with Crippen molar-refractivity contribution in [2.75, 3.05) is 24.4 Å². The summed E-state index contributed by atoms with van der Waals surface area (Å²) < 4.78 is 26.8. The summed E-state index contributed by atoms with van der Waals surface area (Å²) in [5.41, 5.74) is 3.34. The van der Waals surface area contributed by atoms with Crippen molar-refractivity contribution in [3.05, 3.63) is 71.4 Å². The van der Waals surface area contributed by atoms with Crippen LogP contribution in [0.25, 0.3) is 5.65 Å². The first kappa shape index (κ1) is 21.6. The van der Waals surface area contributed by atoms with Crippen LogP contribution >= 0.6 is 0 Å². The van der Waals surface area contributed by atoms with Gasteiger partial charge < -0.3 is 20.1 Å². The number of carbonyl (C=O) groups is 1. The predicted octanol–water partition coefficient (Wildman–Crippen LogP) is 3.39. The number of carbonyl (C=O) groups excluding carboxylic acids is 1. The third-order valence-corrected chi connectivity index (χ3v) is 5.77. The first-order valence-electron chi connectivity index (χ1n) is 10.9. The van der Waals surface area contributed by atoms with E-state index < -0.39 is 0 Å². The average molecular weight is 462 g/mol. The largest absolute Gasteiger partial charge is 0.497 e. The summed E-state index contributed by atoms with van der Waals surface area (Å²) in [6.07, 6.45) is 4.57. The van der Waals surface area contributed by atoms with Crippen LogP contribution in [0.3, 0.4) is 0 Å². The molecule has 1 aliphatic rings. The van der Waals surface area contributed by atoms with Crippen molar-refractivity contribution in [3.63, 3.8) is 0 Å². The Morgan fingerprint density at radius 2 is 2.09 bits per heavy atom. The molecule has 9 nitrogen and oxygen atoms in total. The fraction of sp³-hybridized carbons (Fsp3) is 0.250. The number of nitrogens with one attached hydrogen (secondary N) is 2. The molecule has 2 aromatic heterocycles. The molecule has 0 atom stereocenters. The smallest absolute Gasteiger partial charge is 0.224 e. The maximum Gasteiger partial charge on any atom is 0.224 e. The molecule has 0 saturated heterocycles. The number of rotatable bonds is 8. The molecular weight excluding hydrogens is 439 g/mol. The van der Waals surface area contributed by atoms with Crippen molar-refractivity contribution in [2.24, 2.45) is 0 Å². The first-order chi connectivity index (χ1) is 16.6. The number of ether oxygens (including phenoxy) is 2. The molecule has 0 unspecified atom stereocenters. The Kier molecular flexibility index (Phi) is 5.94. The maximum atomic E-state index is 14.4. The van der Waals surface area contributed by atoms with Gasteiger partial charge in [0.2, 0.25) is 11.9 Å². The Morgan fingerprint density at radius 3 is 2.91 bits per heavy atom. The lowest BCUT2D eigenvalue weighted by atomic mass is 10.0. The predicted molar refractivity (Wildman–Crippen MR) is 124 cm³/mol. The summed E-state index contributed by atoms with van der Waals surface area (Å²) in [5.74, 6) is 1.47. The van der Waals surface area contributed by atoms with Crippen LogP contribution in [-0.4, -0.2) is 39.2 Å². The molecule has 0 spiro atoms. The normalized spacial score (nSPS) is 12.3. The number of anilines is 2. The van der Waals surface area contributed by atoms with E-state index in [1.165, 1.54) is 18.6 Å². The summed E-state index contributed by atoms with van der Waals surface area (Å²) >= 11 is 0. The van der Waals surface area contributed by atoms with Gasteiger partial charge in [0.25, 0.3) is 0 Å². The highest BCUT2D eigenvalue weighted by molar-refractivity contribution is 5.94. The van der Waals surface area contributed by atoms with E-state index in [9.17, 15) is 9.18 Å². The molecule has 0 saturated carbocycles. The molecule has 0 aliphatic carbocycles. The second kappa shape index (κ2) is 9.34. The Morgan fingerprint density at radius 1 is 1.24 bits per heavy atom. The van der Waals surface area contributed by atoms with Gasteiger partial charge in [-0.3, -0.25) is 4.79 Å².